The lowest BCUT2D eigenvalue weighted by molar-refractivity contribution is -0.152. The molecule has 32 heavy (non-hydrogen) atoms. The van der Waals surface area contributed by atoms with E-state index in [0.717, 1.165) is 30.4 Å². The molecule has 1 aliphatic rings. The summed E-state index contributed by atoms with van der Waals surface area (Å²) in [5, 5.41) is 6.47. The van der Waals surface area contributed by atoms with E-state index in [1.54, 1.807) is 12.1 Å². The molecule has 1 aliphatic heterocycles. The van der Waals surface area contributed by atoms with Gasteiger partial charge in [0.2, 0.25) is 11.8 Å². The van der Waals surface area contributed by atoms with E-state index < -0.39 is 17.9 Å². The highest BCUT2D eigenvalue weighted by Gasteiger charge is 2.25. The van der Waals surface area contributed by atoms with Crippen LogP contribution in [-0.2, 0) is 25.7 Å². The van der Waals surface area contributed by atoms with E-state index in [1.165, 1.54) is 0 Å². The molecule has 0 spiro atoms. The van der Waals surface area contributed by atoms with Crippen molar-refractivity contribution in [2.45, 2.75) is 51.1 Å². The molecule has 2 aromatic rings. The molecular weight excluding hydrogens is 428 g/mol. The molecule has 2 aromatic carbocycles. The average molecular weight is 457 g/mol. The van der Waals surface area contributed by atoms with Crippen LogP contribution in [0.2, 0.25) is 5.02 Å². The van der Waals surface area contributed by atoms with E-state index in [4.69, 9.17) is 16.3 Å². The second-order valence-electron chi connectivity index (χ2n) is 8.06. The van der Waals surface area contributed by atoms with Crippen molar-refractivity contribution in [2.75, 3.05) is 6.61 Å². The molecular formula is C25H29ClN2O4. The third-order valence-corrected chi connectivity index (χ3v) is 5.81. The van der Waals surface area contributed by atoms with Crippen molar-refractivity contribution in [1.82, 2.24) is 10.6 Å². The molecule has 0 aliphatic carbocycles. The van der Waals surface area contributed by atoms with Crippen LogP contribution in [0.4, 0.5) is 0 Å². The normalized spacial score (nSPS) is 20.3. The van der Waals surface area contributed by atoms with E-state index >= 15 is 0 Å². The summed E-state index contributed by atoms with van der Waals surface area (Å²) < 4.78 is 5.57. The Morgan fingerprint density at radius 1 is 1.03 bits per heavy atom. The Hall–Kier alpha value is -2.86. The van der Waals surface area contributed by atoms with Crippen LogP contribution in [0.1, 0.15) is 55.7 Å². The zero-order chi connectivity index (χ0) is 22.8. The number of carbonyl (C=O) groups is 3. The van der Waals surface area contributed by atoms with E-state index in [1.807, 2.05) is 42.5 Å². The predicted molar refractivity (Wildman–Crippen MR) is 123 cm³/mol. The van der Waals surface area contributed by atoms with Gasteiger partial charge >= 0.3 is 5.97 Å². The van der Waals surface area contributed by atoms with Crippen molar-refractivity contribution in [3.8, 4) is 0 Å². The SMILES string of the molecule is O=C(C[C@@H]1CCCCCC(=O)N[C@H](c2ccccc2)COC1=O)NCc1ccc(Cl)cc1. The van der Waals surface area contributed by atoms with Crippen molar-refractivity contribution in [2.24, 2.45) is 5.92 Å². The third-order valence-electron chi connectivity index (χ3n) is 5.55. The molecule has 1 saturated heterocycles. The van der Waals surface area contributed by atoms with Gasteiger partial charge in [0.15, 0.2) is 0 Å². The van der Waals surface area contributed by atoms with Crippen LogP contribution in [0.25, 0.3) is 0 Å². The predicted octanol–water partition coefficient (Wildman–Crippen LogP) is 4.33. The second-order valence-corrected chi connectivity index (χ2v) is 8.50. The van der Waals surface area contributed by atoms with Gasteiger partial charge in [0.25, 0.3) is 0 Å². The molecule has 0 radical (unpaired) electrons. The number of amides is 2. The molecule has 170 valence electrons. The van der Waals surface area contributed by atoms with Gasteiger partial charge < -0.3 is 15.4 Å². The Kier molecular flexibility index (Phi) is 9.11. The molecule has 7 heteroatoms. The summed E-state index contributed by atoms with van der Waals surface area (Å²) in [7, 11) is 0. The van der Waals surface area contributed by atoms with Gasteiger partial charge in [-0.3, -0.25) is 14.4 Å². The third kappa shape index (κ3) is 7.68. The van der Waals surface area contributed by atoms with Crippen molar-refractivity contribution < 1.29 is 19.1 Å². The van der Waals surface area contributed by atoms with Crippen LogP contribution in [0.3, 0.4) is 0 Å². The molecule has 1 fully saturated rings. The van der Waals surface area contributed by atoms with E-state index in [9.17, 15) is 14.4 Å². The summed E-state index contributed by atoms with van der Waals surface area (Å²) in [5.41, 5.74) is 1.81. The number of hydrogen-bond acceptors (Lipinski definition) is 4. The van der Waals surface area contributed by atoms with Crippen LogP contribution in [0.5, 0.6) is 0 Å². The minimum atomic E-state index is -0.508. The quantitative estimate of drug-likeness (QED) is 0.656. The lowest BCUT2D eigenvalue weighted by atomic mass is 9.96. The van der Waals surface area contributed by atoms with Gasteiger partial charge in [-0.25, -0.2) is 0 Å². The summed E-state index contributed by atoms with van der Waals surface area (Å²) in [6.07, 6.45) is 3.40. The van der Waals surface area contributed by atoms with Gasteiger partial charge in [0, 0.05) is 24.4 Å². The molecule has 6 nitrogen and oxygen atoms in total. The molecule has 0 saturated carbocycles. The first-order chi connectivity index (χ1) is 15.5. The molecule has 3 rings (SSSR count). The maximum Gasteiger partial charge on any atom is 0.309 e. The molecule has 2 amide bonds. The number of halogens is 1. The van der Waals surface area contributed by atoms with E-state index in [-0.39, 0.29) is 24.8 Å². The maximum absolute atomic E-state index is 12.8. The van der Waals surface area contributed by atoms with Crippen molar-refractivity contribution in [3.05, 3.63) is 70.7 Å². The van der Waals surface area contributed by atoms with Gasteiger partial charge in [-0.15, -0.1) is 0 Å². The van der Waals surface area contributed by atoms with Crippen molar-refractivity contribution in [3.63, 3.8) is 0 Å². The van der Waals surface area contributed by atoms with Crippen LogP contribution in [-0.4, -0.2) is 24.4 Å². The standard InChI is InChI=1S/C25H29ClN2O4/c26-21-13-11-18(12-14-21)16-27-24(30)15-20-9-5-2-6-10-23(29)28-22(17-32-25(20)31)19-7-3-1-4-8-19/h1,3-4,7-8,11-14,20,22H,2,5-6,9-10,15-17H2,(H,27,30)(H,28,29)/t20-,22-/m0/s1. The maximum atomic E-state index is 12.8. The highest BCUT2D eigenvalue weighted by atomic mass is 35.5. The smallest absolute Gasteiger partial charge is 0.309 e. The number of cyclic esters (lactones) is 1. The molecule has 0 unspecified atom stereocenters. The van der Waals surface area contributed by atoms with Gasteiger partial charge in [0.05, 0.1) is 12.0 Å². The summed E-state index contributed by atoms with van der Waals surface area (Å²) in [4.78, 5) is 37.6. The fourth-order valence-corrected chi connectivity index (χ4v) is 3.84. The Labute approximate surface area is 193 Å². The number of rotatable bonds is 5. The van der Waals surface area contributed by atoms with E-state index in [0.29, 0.717) is 24.4 Å². The molecule has 2 atom stereocenters. The van der Waals surface area contributed by atoms with Crippen LogP contribution >= 0.6 is 11.6 Å². The molecule has 2 N–H and O–H groups in total. The number of ether oxygens (including phenoxy) is 1. The average Bonchev–Trinajstić information content (AvgIpc) is 2.80. The lowest BCUT2D eigenvalue weighted by Gasteiger charge is -2.22. The number of carbonyl (C=O) groups excluding carboxylic acids is 3. The first kappa shape index (κ1) is 23.8. The topological polar surface area (TPSA) is 84.5 Å². The Morgan fingerprint density at radius 3 is 2.53 bits per heavy atom. The highest BCUT2D eigenvalue weighted by molar-refractivity contribution is 6.30. The second kappa shape index (κ2) is 12.2. The summed E-state index contributed by atoms with van der Waals surface area (Å²) >= 11 is 5.89. The van der Waals surface area contributed by atoms with Crippen LogP contribution in [0, 0.1) is 5.92 Å². The van der Waals surface area contributed by atoms with Crippen molar-refractivity contribution in [1.29, 1.82) is 0 Å². The van der Waals surface area contributed by atoms with E-state index in [2.05, 4.69) is 10.6 Å². The fourth-order valence-electron chi connectivity index (χ4n) is 3.71. The first-order valence-electron chi connectivity index (χ1n) is 11.0. The molecule has 0 aromatic heterocycles. The first-order valence-corrected chi connectivity index (χ1v) is 11.4. The number of esters is 1. The minimum absolute atomic E-state index is 0.0392. The molecule has 1 heterocycles. The number of nitrogens with one attached hydrogen (secondary N) is 2. The summed E-state index contributed by atoms with van der Waals surface area (Å²) in [5.74, 6) is -1.15. The zero-order valence-electron chi connectivity index (χ0n) is 18.0. The fraction of sp³-hybridized carbons (Fsp3) is 0.400. The van der Waals surface area contributed by atoms with Gasteiger partial charge in [-0.2, -0.15) is 0 Å². The van der Waals surface area contributed by atoms with Gasteiger partial charge in [-0.05, 0) is 36.1 Å². The van der Waals surface area contributed by atoms with Gasteiger partial charge in [0.1, 0.15) is 6.61 Å². The Balaban J connectivity index is 1.60. The Morgan fingerprint density at radius 2 is 1.78 bits per heavy atom. The van der Waals surface area contributed by atoms with Gasteiger partial charge in [-0.1, -0.05) is 66.9 Å². The minimum Gasteiger partial charge on any atom is -0.463 e. The summed E-state index contributed by atoms with van der Waals surface area (Å²) in [6.45, 7) is 0.414. The highest BCUT2D eigenvalue weighted by Crippen LogP contribution is 2.21. The monoisotopic (exact) mass is 456 g/mol. The number of benzene rings is 2. The summed E-state index contributed by atoms with van der Waals surface area (Å²) in [6, 6.07) is 16.3. The number of hydrogen-bond donors (Lipinski definition) is 2. The van der Waals surface area contributed by atoms with Crippen LogP contribution < -0.4 is 10.6 Å². The molecule has 0 bridgehead atoms. The van der Waals surface area contributed by atoms with Crippen molar-refractivity contribution >= 4 is 29.4 Å². The zero-order valence-corrected chi connectivity index (χ0v) is 18.8. The lowest BCUT2D eigenvalue weighted by Crippen LogP contribution is -2.34. The van der Waals surface area contributed by atoms with Crippen LogP contribution in [0.15, 0.2) is 54.6 Å². The Bertz CT molecular complexity index is 902. The largest absolute Gasteiger partial charge is 0.463 e.